The molecule has 5 heteroatoms. The molecule has 0 saturated heterocycles. The smallest absolute Gasteiger partial charge is 0.315 e. The Balaban J connectivity index is 1.47. The summed E-state index contributed by atoms with van der Waals surface area (Å²) in [5.74, 6) is 0.998. The topological polar surface area (TPSA) is 50.4 Å². The monoisotopic (exact) mass is 316 g/mol. The number of benzene rings is 1. The van der Waals surface area contributed by atoms with E-state index in [4.69, 9.17) is 4.74 Å². The fraction of sp³-hybridized carbons (Fsp3) is 0.353. The van der Waals surface area contributed by atoms with Gasteiger partial charge in [-0.25, -0.2) is 4.79 Å². The van der Waals surface area contributed by atoms with E-state index in [9.17, 15) is 4.79 Å². The van der Waals surface area contributed by atoms with Crippen molar-refractivity contribution in [1.82, 2.24) is 10.6 Å². The standard InChI is InChI=1S/C17H20N2O2S/c1-12(19-17(20)18-11-15-3-2-8-22-15)9-13-4-5-16-14(10-13)6-7-21-16/h2-5,8,10,12H,6-7,9,11H2,1H3,(H2,18,19,20)/t12-/m1/s1. The van der Waals surface area contributed by atoms with Gasteiger partial charge in [-0.2, -0.15) is 0 Å². The van der Waals surface area contributed by atoms with E-state index in [2.05, 4.69) is 22.8 Å². The number of amides is 2. The molecule has 3 rings (SSSR count). The fourth-order valence-electron chi connectivity index (χ4n) is 2.63. The van der Waals surface area contributed by atoms with E-state index in [1.54, 1.807) is 11.3 Å². The molecule has 22 heavy (non-hydrogen) atoms. The van der Waals surface area contributed by atoms with Crippen LogP contribution in [0.25, 0.3) is 0 Å². The quantitative estimate of drug-likeness (QED) is 0.890. The number of ether oxygens (including phenoxy) is 1. The highest BCUT2D eigenvalue weighted by molar-refractivity contribution is 7.09. The van der Waals surface area contributed by atoms with E-state index < -0.39 is 0 Å². The molecule has 1 aliphatic rings. The van der Waals surface area contributed by atoms with Gasteiger partial charge < -0.3 is 15.4 Å². The lowest BCUT2D eigenvalue weighted by Crippen LogP contribution is -2.41. The number of fused-ring (bicyclic) bond motifs is 1. The molecule has 2 N–H and O–H groups in total. The van der Waals surface area contributed by atoms with Gasteiger partial charge in [0, 0.05) is 17.3 Å². The minimum absolute atomic E-state index is 0.0868. The van der Waals surface area contributed by atoms with Gasteiger partial charge >= 0.3 is 6.03 Å². The molecule has 1 aliphatic heterocycles. The summed E-state index contributed by atoms with van der Waals surface area (Å²) in [6.45, 7) is 3.37. The molecule has 0 fully saturated rings. The van der Waals surface area contributed by atoms with E-state index in [1.165, 1.54) is 11.1 Å². The number of thiophene rings is 1. The number of nitrogens with one attached hydrogen (secondary N) is 2. The van der Waals surface area contributed by atoms with E-state index in [-0.39, 0.29) is 12.1 Å². The van der Waals surface area contributed by atoms with E-state index in [1.807, 2.05) is 30.5 Å². The van der Waals surface area contributed by atoms with Crippen LogP contribution >= 0.6 is 11.3 Å². The molecule has 2 aromatic rings. The van der Waals surface area contributed by atoms with Crippen molar-refractivity contribution in [3.8, 4) is 5.75 Å². The van der Waals surface area contributed by atoms with Gasteiger partial charge in [0.15, 0.2) is 0 Å². The van der Waals surface area contributed by atoms with Crippen molar-refractivity contribution in [3.63, 3.8) is 0 Å². The minimum Gasteiger partial charge on any atom is -0.493 e. The van der Waals surface area contributed by atoms with Crippen LogP contribution in [0.1, 0.15) is 22.9 Å². The molecular formula is C17H20N2O2S. The molecule has 0 aliphatic carbocycles. The summed E-state index contributed by atoms with van der Waals surface area (Å²) in [4.78, 5) is 13.0. The highest BCUT2D eigenvalue weighted by Crippen LogP contribution is 2.26. The molecule has 2 amide bonds. The molecule has 0 unspecified atom stereocenters. The van der Waals surface area contributed by atoms with Gasteiger partial charge in [0.2, 0.25) is 0 Å². The Morgan fingerprint density at radius 1 is 1.41 bits per heavy atom. The Labute approximate surface area is 134 Å². The third kappa shape index (κ3) is 3.80. The second-order valence-corrected chi connectivity index (χ2v) is 6.58. The van der Waals surface area contributed by atoms with Crippen LogP contribution in [0.15, 0.2) is 35.7 Å². The Bertz CT molecular complexity index is 640. The summed E-state index contributed by atoms with van der Waals surface area (Å²) in [5, 5.41) is 7.87. The fourth-order valence-corrected chi connectivity index (χ4v) is 3.27. The first-order chi connectivity index (χ1) is 10.7. The lowest BCUT2D eigenvalue weighted by Gasteiger charge is -2.15. The van der Waals surface area contributed by atoms with Crippen molar-refractivity contribution in [2.75, 3.05) is 6.61 Å². The number of urea groups is 1. The van der Waals surface area contributed by atoms with Crippen LogP contribution in [-0.4, -0.2) is 18.7 Å². The molecule has 1 aromatic carbocycles. The number of carbonyl (C=O) groups excluding carboxylic acids is 1. The normalized spacial score (nSPS) is 14.0. The minimum atomic E-state index is -0.120. The highest BCUT2D eigenvalue weighted by atomic mass is 32.1. The summed E-state index contributed by atoms with van der Waals surface area (Å²) >= 11 is 1.64. The van der Waals surface area contributed by atoms with Crippen molar-refractivity contribution in [2.45, 2.75) is 32.4 Å². The molecule has 0 bridgehead atoms. The Kier molecular flexibility index (Phi) is 4.63. The third-order valence-electron chi connectivity index (χ3n) is 3.68. The molecular weight excluding hydrogens is 296 g/mol. The number of hydrogen-bond donors (Lipinski definition) is 2. The van der Waals surface area contributed by atoms with Gasteiger partial charge in [-0.3, -0.25) is 0 Å². The number of carbonyl (C=O) groups is 1. The summed E-state index contributed by atoms with van der Waals surface area (Å²) in [6, 6.07) is 10.3. The van der Waals surface area contributed by atoms with Crippen molar-refractivity contribution < 1.29 is 9.53 Å². The van der Waals surface area contributed by atoms with Crippen LogP contribution in [0.2, 0.25) is 0 Å². The van der Waals surface area contributed by atoms with Crippen LogP contribution in [0.5, 0.6) is 5.75 Å². The number of hydrogen-bond acceptors (Lipinski definition) is 3. The number of rotatable bonds is 5. The summed E-state index contributed by atoms with van der Waals surface area (Å²) in [7, 11) is 0. The SMILES string of the molecule is C[C@H](Cc1ccc2c(c1)CCO2)NC(=O)NCc1cccs1. The van der Waals surface area contributed by atoms with Crippen LogP contribution in [0.4, 0.5) is 4.79 Å². The van der Waals surface area contributed by atoms with Crippen LogP contribution < -0.4 is 15.4 Å². The zero-order valence-corrected chi connectivity index (χ0v) is 13.4. The summed E-state index contributed by atoms with van der Waals surface area (Å²) < 4.78 is 5.51. The Morgan fingerprint density at radius 3 is 3.14 bits per heavy atom. The molecule has 1 atom stereocenters. The van der Waals surface area contributed by atoms with Gasteiger partial charge in [0.05, 0.1) is 13.2 Å². The molecule has 0 radical (unpaired) electrons. The predicted molar refractivity (Wildman–Crippen MR) is 88.5 cm³/mol. The van der Waals surface area contributed by atoms with E-state index in [0.717, 1.165) is 30.1 Å². The highest BCUT2D eigenvalue weighted by Gasteiger charge is 2.14. The average molecular weight is 316 g/mol. The van der Waals surface area contributed by atoms with Crippen molar-refractivity contribution in [2.24, 2.45) is 0 Å². The predicted octanol–water partition coefficient (Wildman–Crippen LogP) is 3.11. The first-order valence-corrected chi connectivity index (χ1v) is 8.40. The summed E-state index contributed by atoms with van der Waals surface area (Å²) in [6.07, 6.45) is 1.80. The maximum absolute atomic E-state index is 11.9. The average Bonchev–Trinajstić information content (AvgIpc) is 3.15. The second-order valence-electron chi connectivity index (χ2n) is 5.55. The lowest BCUT2D eigenvalue weighted by atomic mass is 10.0. The van der Waals surface area contributed by atoms with E-state index >= 15 is 0 Å². The first-order valence-electron chi connectivity index (χ1n) is 7.52. The third-order valence-corrected chi connectivity index (χ3v) is 4.55. The van der Waals surface area contributed by atoms with Crippen molar-refractivity contribution in [1.29, 1.82) is 0 Å². The van der Waals surface area contributed by atoms with Crippen LogP contribution in [-0.2, 0) is 19.4 Å². The van der Waals surface area contributed by atoms with Gasteiger partial charge in [0.25, 0.3) is 0 Å². The van der Waals surface area contributed by atoms with Gasteiger partial charge in [-0.1, -0.05) is 18.2 Å². The summed E-state index contributed by atoms with van der Waals surface area (Å²) in [5.41, 5.74) is 2.50. The Hall–Kier alpha value is -2.01. The largest absolute Gasteiger partial charge is 0.493 e. The zero-order valence-electron chi connectivity index (χ0n) is 12.6. The van der Waals surface area contributed by atoms with Gasteiger partial charge in [-0.15, -0.1) is 11.3 Å². The molecule has 0 spiro atoms. The first kappa shape index (κ1) is 14.9. The van der Waals surface area contributed by atoms with Crippen molar-refractivity contribution >= 4 is 17.4 Å². The second kappa shape index (κ2) is 6.83. The molecule has 1 aromatic heterocycles. The maximum Gasteiger partial charge on any atom is 0.315 e. The van der Waals surface area contributed by atoms with Gasteiger partial charge in [-0.05, 0) is 42.0 Å². The molecule has 4 nitrogen and oxygen atoms in total. The Morgan fingerprint density at radius 2 is 2.32 bits per heavy atom. The lowest BCUT2D eigenvalue weighted by molar-refractivity contribution is 0.237. The van der Waals surface area contributed by atoms with Crippen molar-refractivity contribution in [3.05, 3.63) is 51.7 Å². The van der Waals surface area contributed by atoms with E-state index in [0.29, 0.717) is 6.54 Å². The molecule has 2 heterocycles. The molecule has 116 valence electrons. The van der Waals surface area contributed by atoms with Crippen LogP contribution in [0.3, 0.4) is 0 Å². The maximum atomic E-state index is 11.9. The molecule has 0 saturated carbocycles. The zero-order chi connectivity index (χ0) is 15.4. The van der Waals surface area contributed by atoms with Gasteiger partial charge in [0.1, 0.15) is 5.75 Å². The van der Waals surface area contributed by atoms with Crippen LogP contribution in [0, 0.1) is 0 Å².